The first-order valence-corrected chi connectivity index (χ1v) is 9.32. The number of nitrogens with zero attached hydrogens (tertiary/aromatic N) is 1. The lowest BCUT2D eigenvalue weighted by atomic mass is 9.95. The molecule has 2 aliphatic rings. The van der Waals surface area contributed by atoms with Crippen molar-refractivity contribution in [2.24, 2.45) is 0 Å². The quantitative estimate of drug-likeness (QED) is 0.928. The van der Waals surface area contributed by atoms with Crippen LogP contribution in [0.25, 0.3) is 0 Å². The first kappa shape index (κ1) is 14.9. The van der Waals surface area contributed by atoms with Crippen LogP contribution in [0.4, 0.5) is 0 Å². The average molecular weight is 325 g/mol. The van der Waals surface area contributed by atoms with Gasteiger partial charge in [0.25, 0.3) is 5.91 Å². The van der Waals surface area contributed by atoms with E-state index in [2.05, 4.69) is 0 Å². The van der Waals surface area contributed by atoms with Gasteiger partial charge in [0.05, 0.1) is 10.9 Å². The summed E-state index contributed by atoms with van der Waals surface area (Å²) in [6, 6.07) is -0.688. The summed E-state index contributed by atoms with van der Waals surface area (Å²) in [7, 11) is 0. The summed E-state index contributed by atoms with van der Waals surface area (Å²) in [6.07, 6.45) is 5.11. The number of thiophene rings is 1. The molecule has 2 atom stereocenters. The molecule has 1 saturated heterocycles. The molecule has 3 rings (SSSR count). The van der Waals surface area contributed by atoms with Crippen LogP contribution in [0, 0.1) is 0 Å². The molecule has 0 bridgehead atoms. The highest BCUT2D eigenvalue weighted by Gasteiger charge is 2.42. The van der Waals surface area contributed by atoms with E-state index >= 15 is 0 Å². The first-order chi connectivity index (χ1) is 10.1. The van der Waals surface area contributed by atoms with Crippen molar-refractivity contribution in [3.63, 3.8) is 0 Å². The van der Waals surface area contributed by atoms with E-state index in [0.717, 1.165) is 31.2 Å². The number of fused-ring (bicyclic) bond motifs is 1. The van der Waals surface area contributed by atoms with Crippen molar-refractivity contribution in [1.82, 2.24) is 4.90 Å². The minimum Gasteiger partial charge on any atom is -0.480 e. The Hall–Kier alpha value is -1.01. The van der Waals surface area contributed by atoms with Crippen molar-refractivity contribution in [2.75, 3.05) is 5.75 Å². The average Bonchev–Trinajstić information content (AvgIpc) is 3.10. The fourth-order valence-electron chi connectivity index (χ4n) is 3.15. The Morgan fingerprint density at radius 1 is 1.38 bits per heavy atom. The number of hydrogen-bond acceptors (Lipinski definition) is 4. The van der Waals surface area contributed by atoms with Crippen LogP contribution < -0.4 is 0 Å². The number of thioether (sulfide) groups is 1. The minimum absolute atomic E-state index is 0.0160. The number of amides is 1. The van der Waals surface area contributed by atoms with E-state index in [-0.39, 0.29) is 11.3 Å². The highest BCUT2D eigenvalue weighted by molar-refractivity contribution is 8.00. The second kappa shape index (κ2) is 6.01. The summed E-state index contributed by atoms with van der Waals surface area (Å²) in [6.45, 7) is 2.01. The molecule has 1 aliphatic heterocycles. The molecule has 1 aromatic rings. The van der Waals surface area contributed by atoms with Crippen LogP contribution in [0.5, 0.6) is 0 Å². The summed E-state index contributed by atoms with van der Waals surface area (Å²) >= 11 is 3.23. The third-order valence-electron chi connectivity index (χ3n) is 4.25. The predicted octanol–water partition coefficient (Wildman–Crippen LogP) is 3.01. The van der Waals surface area contributed by atoms with E-state index in [9.17, 15) is 14.7 Å². The van der Waals surface area contributed by atoms with Gasteiger partial charge in [-0.2, -0.15) is 0 Å². The number of carbonyl (C=O) groups is 2. The van der Waals surface area contributed by atoms with E-state index in [0.29, 0.717) is 5.75 Å². The smallest absolute Gasteiger partial charge is 0.327 e. The molecule has 1 N–H and O–H groups in total. The van der Waals surface area contributed by atoms with Crippen molar-refractivity contribution in [1.29, 1.82) is 0 Å². The summed E-state index contributed by atoms with van der Waals surface area (Å²) in [5.41, 5.74) is 1.93. The van der Waals surface area contributed by atoms with Gasteiger partial charge >= 0.3 is 5.97 Å². The topological polar surface area (TPSA) is 57.6 Å². The van der Waals surface area contributed by atoms with Crippen molar-refractivity contribution < 1.29 is 14.7 Å². The number of aryl methyl sites for hydroxylation is 1. The summed E-state index contributed by atoms with van der Waals surface area (Å²) in [5.74, 6) is -0.485. The molecule has 1 aromatic heterocycles. The van der Waals surface area contributed by atoms with Crippen LogP contribution in [-0.2, 0) is 17.6 Å². The van der Waals surface area contributed by atoms with Crippen molar-refractivity contribution >= 4 is 35.0 Å². The molecule has 1 amide bonds. The lowest BCUT2D eigenvalue weighted by Crippen LogP contribution is -2.45. The fourth-order valence-corrected chi connectivity index (χ4v) is 5.62. The van der Waals surface area contributed by atoms with Crippen molar-refractivity contribution in [2.45, 2.75) is 50.4 Å². The van der Waals surface area contributed by atoms with Gasteiger partial charge in [-0.1, -0.05) is 6.92 Å². The Bertz CT molecular complexity index is 569. The lowest BCUT2D eigenvalue weighted by Gasteiger charge is -2.27. The van der Waals surface area contributed by atoms with Gasteiger partial charge in [-0.15, -0.1) is 23.1 Å². The number of hydrogen-bond donors (Lipinski definition) is 1. The van der Waals surface area contributed by atoms with Crippen LogP contribution in [0.3, 0.4) is 0 Å². The van der Waals surface area contributed by atoms with Crippen LogP contribution in [0.2, 0.25) is 0 Å². The molecule has 21 heavy (non-hydrogen) atoms. The van der Waals surface area contributed by atoms with E-state index in [1.54, 1.807) is 28.0 Å². The fraction of sp³-hybridized carbons (Fsp3) is 0.600. The predicted molar refractivity (Wildman–Crippen MR) is 85.1 cm³/mol. The summed E-state index contributed by atoms with van der Waals surface area (Å²) in [5, 5.41) is 11.3. The molecule has 1 fully saturated rings. The molecule has 0 radical (unpaired) electrons. The molecule has 4 nitrogen and oxygen atoms in total. The maximum Gasteiger partial charge on any atom is 0.327 e. The summed E-state index contributed by atoms with van der Waals surface area (Å²) < 4.78 is 0. The Kier molecular flexibility index (Phi) is 4.26. The number of aliphatic carboxylic acids is 1. The van der Waals surface area contributed by atoms with E-state index < -0.39 is 12.0 Å². The second-order valence-corrected chi connectivity index (χ2v) is 7.70. The van der Waals surface area contributed by atoms with Gasteiger partial charge in [-0.05, 0) is 37.7 Å². The third-order valence-corrected chi connectivity index (χ3v) is 6.80. The van der Waals surface area contributed by atoms with Crippen molar-refractivity contribution in [3.8, 4) is 0 Å². The zero-order valence-corrected chi connectivity index (χ0v) is 13.6. The minimum atomic E-state index is -0.893. The molecular weight excluding hydrogens is 306 g/mol. The molecule has 2 heterocycles. The molecule has 0 aromatic carbocycles. The maximum absolute atomic E-state index is 12.9. The molecule has 0 spiro atoms. The highest BCUT2D eigenvalue weighted by Crippen LogP contribution is 2.36. The normalized spacial score (nSPS) is 24.9. The zero-order valence-electron chi connectivity index (χ0n) is 12.0. The van der Waals surface area contributed by atoms with Gasteiger partial charge in [-0.25, -0.2) is 4.79 Å². The van der Waals surface area contributed by atoms with Gasteiger partial charge in [0.15, 0.2) is 0 Å². The number of carboxylic acid groups (broad SMARTS) is 1. The molecular formula is C15H19NO3S2. The van der Waals surface area contributed by atoms with E-state index in [1.165, 1.54) is 16.9 Å². The summed E-state index contributed by atoms with van der Waals surface area (Å²) in [4.78, 5) is 27.3. The highest BCUT2D eigenvalue weighted by atomic mass is 32.2. The Morgan fingerprint density at radius 2 is 2.14 bits per heavy atom. The number of carboxylic acids is 1. The van der Waals surface area contributed by atoms with Crippen molar-refractivity contribution in [3.05, 3.63) is 21.4 Å². The van der Waals surface area contributed by atoms with Gasteiger partial charge in [-0.3, -0.25) is 4.79 Å². The maximum atomic E-state index is 12.9. The SMILES string of the molecule is CCC1SCC(C(=O)O)N1C(=O)c1csc2c1CCCC2. The van der Waals surface area contributed by atoms with Gasteiger partial charge in [0.2, 0.25) is 0 Å². The Morgan fingerprint density at radius 3 is 2.86 bits per heavy atom. The van der Waals surface area contributed by atoms with Gasteiger partial charge in [0, 0.05) is 16.0 Å². The van der Waals surface area contributed by atoms with Crippen LogP contribution in [0.1, 0.15) is 47.0 Å². The van der Waals surface area contributed by atoms with E-state index in [1.807, 2.05) is 12.3 Å². The second-order valence-electron chi connectivity index (χ2n) is 5.52. The van der Waals surface area contributed by atoms with Gasteiger partial charge in [0.1, 0.15) is 6.04 Å². The number of carbonyl (C=O) groups excluding carboxylic acids is 1. The largest absolute Gasteiger partial charge is 0.480 e. The molecule has 2 unspecified atom stereocenters. The molecule has 6 heteroatoms. The van der Waals surface area contributed by atoms with Crippen LogP contribution in [-0.4, -0.2) is 39.1 Å². The van der Waals surface area contributed by atoms with Crippen LogP contribution in [0.15, 0.2) is 5.38 Å². The molecule has 114 valence electrons. The lowest BCUT2D eigenvalue weighted by molar-refractivity contribution is -0.141. The standard InChI is InChI=1S/C15H19NO3S2/c1-2-13-16(11(8-21-13)15(18)19)14(17)10-7-20-12-6-4-3-5-9(10)12/h7,11,13H,2-6,8H2,1H3,(H,18,19). The van der Waals surface area contributed by atoms with Gasteiger partial charge < -0.3 is 10.0 Å². The molecule has 1 aliphatic carbocycles. The van der Waals surface area contributed by atoms with Crippen LogP contribution >= 0.6 is 23.1 Å². The molecule has 0 saturated carbocycles. The first-order valence-electron chi connectivity index (χ1n) is 7.39. The monoisotopic (exact) mass is 325 g/mol. The van der Waals surface area contributed by atoms with E-state index in [4.69, 9.17) is 0 Å². The zero-order chi connectivity index (χ0) is 15.0. The number of rotatable bonds is 3. The third kappa shape index (κ3) is 2.59. The Labute approximate surface area is 132 Å². The Balaban J connectivity index is 1.92.